The van der Waals surface area contributed by atoms with Gasteiger partial charge in [0.2, 0.25) is 5.91 Å². The lowest BCUT2D eigenvalue weighted by atomic mass is 10.1. The van der Waals surface area contributed by atoms with E-state index in [-0.39, 0.29) is 17.6 Å². The molecule has 2 aromatic heterocycles. The minimum Gasteiger partial charge on any atom is -0.383 e. The number of fused-ring (bicyclic) bond motifs is 1. The highest BCUT2D eigenvalue weighted by atomic mass is 16.5. The molecule has 0 aliphatic carbocycles. The summed E-state index contributed by atoms with van der Waals surface area (Å²) in [6.07, 6.45) is 3.81. The molecule has 0 radical (unpaired) electrons. The van der Waals surface area contributed by atoms with Crippen molar-refractivity contribution < 1.29 is 14.3 Å². The molecule has 0 saturated carbocycles. The van der Waals surface area contributed by atoms with Gasteiger partial charge in [0.1, 0.15) is 11.3 Å². The van der Waals surface area contributed by atoms with Gasteiger partial charge >= 0.3 is 0 Å². The molecule has 7 heteroatoms. The van der Waals surface area contributed by atoms with Gasteiger partial charge in [0.05, 0.1) is 24.9 Å². The van der Waals surface area contributed by atoms with Crippen LogP contribution in [-0.4, -0.2) is 64.4 Å². The van der Waals surface area contributed by atoms with Crippen LogP contribution in [-0.2, 0) is 20.7 Å². The highest BCUT2D eigenvalue weighted by Gasteiger charge is 2.29. The van der Waals surface area contributed by atoms with Crippen LogP contribution in [0.15, 0.2) is 18.3 Å². The molecule has 0 bridgehead atoms. The summed E-state index contributed by atoms with van der Waals surface area (Å²) in [6, 6.07) is 4.01. The van der Waals surface area contributed by atoms with Crippen LogP contribution in [0.2, 0.25) is 0 Å². The zero-order chi connectivity index (χ0) is 19.4. The highest BCUT2D eigenvalue weighted by Crippen LogP contribution is 2.22. The van der Waals surface area contributed by atoms with Crippen molar-refractivity contribution in [2.45, 2.75) is 51.7 Å². The molecule has 0 N–H and O–H groups in total. The molecule has 1 aliphatic rings. The molecule has 3 rings (SSSR count). The second kappa shape index (κ2) is 8.35. The Bertz CT molecular complexity index is 787. The molecule has 1 aliphatic heterocycles. The number of morpholine rings is 1. The van der Waals surface area contributed by atoms with Gasteiger partial charge in [-0.25, -0.2) is 9.97 Å². The Morgan fingerprint density at radius 3 is 3.00 bits per heavy atom. The summed E-state index contributed by atoms with van der Waals surface area (Å²) in [5, 5.41) is 0. The number of aryl methyl sites for hydroxylation is 1. The van der Waals surface area contributed by atoms with Crippen molar-refractivity contribution in [3.05, 3.63) is 24.2 Å². The van der Waals surface area contributed by atoms with Crippen molar-refractivity contribution in [1.29, 1.82) is 0 Å². The highest BCUT2D eigenvalue weighted by molar-refractivity contribution is 5.76. The first kappa shape index (κ1) is 19.8. The van der Waals surface area contributed by atoms with E-state index in [4.69, 9.17) is 14.5 Å². The monoisotopic (exact) mass is 374 g/mol. The van der Waals surface area contributed by atoms with Crippen molar-refractivity contribution in [2.75, 3.05) is 33.4 Å². The van der Waals surface area contributed by atoms with Gasteiger partial charge in [0.15, 0.2) is 5.65 Å². The molecular formula is C20H30N4O3. The molecule has 1 atom stereocenters. The largest absolute Gasteiger partial charge is 0.383 e. The molecule has 0 unspecified atom stereocenters. The smallest absolute Gasteiger partial charge is 0.222 e. The summed E-state index contributed by atoms with van der Waals surface area (Å²) in [5.41, 5.74) is 1.50. The second-order valence-electron chi connectivity index (χ2n) is 7.83. The van der Waals surface area contributed by atoms with Crippen LogP contribution in [0, 0.1) is 0 Å². The van der Waals surface area contributed by atoms with E-state index >= 15 is 0 Å². The number of hydrogen-bond acceptors (Lipinski definition) is 5. The zero-order valence-electron chi connectivity index (χ0n) is 16.8. The molecule has 2 aromatic rings. The third-order valence-electron chi connectivity index (χ3n) is 4.94. The first-order chi connectivity index (χ1) is 12.9. The van der Waals surface area contributed by atoms with Crippen LogP contribution >= 0.6 is 0 Å². The van der Waals surface area contributed by atoms with Crippen molar-refractivity contribution in [2.24, 2.45) is 0 Å². The third kappa shape index (κ3) is 4.65. The summed E-state index contributed by atoms with van der Waals surface area (Å²) in [5.74, 6) is 1.15. The summed E-state index contributed by atoms with van der Waals surface area (Å²) in [4.78, 5) is 23.7. The Labute approximate surface area is 160 Å². The van der Waals surface area contributed by atoms with Crippen LogP contribution in [0.3, 0.4) is 0 Å². The van der Waals surface area contributed by atoms with Crippen molar-refractivity contribution in [3.8, 4) is 0 Å². The predicted molar refractivity (Wildman–Crippen MR) is 104 cm³/mol. The molecule has 0 aromatic carbocycles. The van der Waals surface area contributed by atoms with Crippen LogP contribution < -0.4 is 0 Å². The van der Waals surface area contributed by atoms with Gasteiger partial charge in [-0.15, -0.1) is 0 Å². The number of nitrogens with zero attached hydrogens (tertiary/aromatic N) is 4. The Kier molecular flexibility index (Phi) is 6.11. The van der Waals surface area contributed by atoms with E-state index in [1.807, 2.05) is 30.9 Å². The summed E-state index contributed by atoms with van der Waals surface area (Å²) >= 11 is 0. The van der Waals surface area contributed by atoms with Crippen LogP contribution in [0.1, 0.15) is 45.5 Å². The summed E-state index contributed by atoms with van der Waals surface area (Å²) in [6.45, 7) is 8.68. The Morgan fingerprint density at radius 2 is 2.26 bits per heavy atom. The number of ether oxygens (including phenoxy) is 2. The number of hydrogen-bond donors (Lipinski definition) is 0. The fourth-order valence-electron chi connectivity index (χ4n) is 3.72. The van der Waals surface area contributed by atoms with E-state index in [1.165, 1.54) is 0 Å². The van der Waals surface area contributed by atoms with E-state index in [9.17, 15) is 4.79 Å². The predicted octanol–water partition coefficient (Wildman–Crippen LogP) is 2.60. The van der Waals surface area contributed by atoms with Crippen LogP contribution in [0.4, 0.5) is 0 Å². The van der Waals surface area contributed by atoms with Gasteiger partial charge in [-0.05, 0) is 39.3 Å². The number of rotatable bonds is 7. The van der Waals surface area contributed by atoms with Crippen molar-refractivity contribution in [1.82, 2.24) is 19.4 Å². The van der Waals surface area contributed by atoms with Crippen molar-refractivity contribution >= 4 is 17.1 Å². The van der Waals surface area contributed by atoms with E-state index < -0.39 is 0 Å². The number of aromatic nitrogens is 3. The van der Waals surface area contributed by atoms with E-state index in [2.05, 4.69) is 16.5 Å². The Hall–Kier alpha value is -1.99. The maximum atomic E-state index is 12.6. The summed E-state index contributed by atoms with van der Waals surface area (Å²) in [7, 11) is 1.70. The molecular weight excluding hydrogens is 344 g/mol. The normalized spacial score (nSPS) is 18.0. The van der Waals surface area contributed by atoms with Gasteiger partial charge in [0.25, 0.3) is 0 Å². The summed E-state index contributed by atoms with van der Waals surface area (Å²) < 4.78 is 13.2. The lowest BCUT2D eigenvalue weighted by Gasteiger charge is -2.38. The van der Waals surface area contributed by atoms with E-state index in [0.717, 1.165) is 29.8 Å². The quantitative estimate of drug-likeness (QED) is 0.745. The number of imidazole rings is 1. The SMILES string of the molecule is COC[C@H](C)n1c(CCCC(=O)N2CCOC(C)(C)C2)nc2cccnc21. The molecule has 27 heavy (non-hydrogen) atoms. The Morgan fingerprint density at radius 1 is 1.44 bits per heavy atom. The lowest BCUT2D eigenvalue weighted by Crippen LogP contribution is -2.50. The number of carbonyl (C=O) groups is 1. The lowest BCUT2D eigenvalue weighted by molar-refractivity contribution is -0.146. The maximum Gasteiger partial charge on any atom is 0.222 e. The van der Waals surface area contributed by atoms with Crippen LogP contribution in [0.25, 0.3) is 11.2 Å². The van der Waals surface area contributed by atoms with Crippen LogP contribution in [0.5, 0.6) is 0 Å². The number of amides is 1. The third-order valence-corrected chi connectivity index (χ3v) is 4.94. The molecule has 1 fully saturated rings. The maximum absolute atomic E-state index is 12.6. The minimum absolute atomic E-state index is 0.139. The van der Waals surface area contributed by atoms with Gasteiger partial charge < -0.3 is 18.9 Å². The van der Waals surface area contributed by atoms with Gasteiger partial charge in [0, 0.05) is 39.2 Å². The minimum atomic E-state index is -0.261. The molecule has 3 heterocycles. The fourth-order valence-corrected chi connectivity index (χ4v) is 3.72. The van der Waals surface area contributed by atoms with Gasteiger partial charge in [-0.2, -0.15) is 0 Å². The van der Waals surface area contributed by atoms with Gasteiger partial charge in [-0.1, -0.05) is 0 Å². The average molecular weight is 374 g/mol. The Balaban J connectivity index is 1.66. The van der Waals surface area contributed by atoms with Gasteiger partial charge in [-0.3, -0.25) is 4.79 Å². The zero-order valence-corrected chi connectivity index (χ0v) is 16.8. The topological polar surface area (TPSA) is 69.5 Å². The average Bonchev–Trinajstić information content (AvgIpc) is 2.99. The number of pyridine rings is 1. The molecule has 148 valence electrons. The first-order valence-electron chi connectivity index (χ1n) is 9.64. The molecule has 1 saturated heterocycles. The fraction of sp³-hybridized carbons (Fsp3) is 0.650. The first-order valence-corrected chi connectivity index (χ1v) is 9.64. The van der Waals surface area contributed by atoms with E-state index in [0.29, 0.717) is 32.7 Å². The molecule has 7 nitrogen and oxygen atoms in total. The standard InChI is InChI=1S/C20H30N4O3/c1-15(13-26-4)24-17(22-16-7-6-10-21-19(16)24)8-5-9-18(25)23-11-12-27-20(2,3)14-23/h6-7,10,15H,5,8-9,11-14H2,1-4H3/t15-/m0/s1. The number of carbonyl (C=O) groups excluding carboxylic acids is 1. The molecule has 1 amide bonds. The van der Waals surface area contributed by atoms with Crippen molar-refractivity contribution in [3.63, 3.8) is 0 Å². The molecule has 0 spiro atoms. The second-order valence-corrected chi connectivity index (χ2v) is 7.83. The van der Waals surface area contributed by atoms with E-state index in [1.54, 1.807) is 13.3 Å². The number of methoxy groups -OCH3 is 1.